The van der Waals surface area contributed by atoms with Crippen LogP contribution in [0.15, 0.2) is 0 Å². The quantitative estimate of drug-likeness (QED) is 0.809. The first-order chi connectivity index (χ1) is 8.68. The van der Waals surface area contributed by atoms with Crippen molar-refractivity contribution < 1.29 is 0 Å². The third-order valence-electron chi connectivity index (χ3n) is 5.00. The second kappa shape index (κ2) is 6.36. The summed E-state index contributed by atoms with van der Waals surface area (Å²) in [6.45, 7) is 7.90. The topological polar surface area (TPSA) is 41.3 Å². The van der Waals surface area contributed by atoms with Crippen molar-refractivity contribution in [3.05, 3.63) is 0 Å². The Hall–Kier alpha value is -0.120. The average molecular weight is 253 g/mol. The molecule has 3 N–H and O–H groups in total. The van der Waals surface area contributed by atoms with Gasteiger partial charge in [-0.3, -0.25) is 0 Å². The predicted molar refractivity (Wildman–Crippen MR) is 77.1 cm³/mol. The van der Waals surface area contributed by atoms with Crippen LogP contribution in [-0.2, 0) is 0 Å². The highest BCUT2D eigenvalue weighted by Gasteiger charge is 2.42. The molecule has 1 aliphatic heterocycles. The van der Waals surface area contributed by atoms with Gasteiger partial charge < -0.3 is 5.73 Å². The lowest BCUT2D eigenvalue weighted by Crippen LogP contribution is -2.64. The molecule has 2 unspecified atom stereocenters. The second-order valence-electron chi connectivity index (χ2n) is 6.62. The first-order valence-electron chi connectivity index (χ1n) is 7.91. The third-order valence-corrected chi connectivity index (χ3v) is 5.00. The molecule has 18 heavy (non-hydrogen) atoms. The molecule has 0 radical (unpaired) electrons. The molecule has 0 aromatic heterocycles. The van der Waals surface area contributed by atoms with Gasteiger partial charge in [0, 0.05) is 25.2 Å². The van der Waals surface area contributed by atoms with Gasteiger partial charge in [0.2, 0.25) is 0 Å². The maximum atomic E-state index is 6.19. The molecule has 1 saturated carbocycles. The lowest BCUT2D eigenvalue weighted by molar-refractivity contribution is 0.0102. The minimum absolute atomic E-state index is 0.170. The largest absolute Gasteiger partial charge is 0.329 e. The molecule has 0 aromatic carbocycles. The lowest BCUT2D eigenvalue weighted by Gasteiger charge is -2.49. The Morgan fingerprint density at radius 3 is 2.50 bits per heavy atom. The van der Waals surface area contributed by atoms with Crippen molar-refractivity contribution in [1.29, 1.82) is 0 Å². The van der Waals surface area contributed by atoms with Crippen LogP contribution in [0.3, 0.4) is 0 Å². The summed E-state index contributed by atoms with van der Waals surface area (Å²) < 4.78 is 0. The van der Waals surface area contributed by atoms with Crippen LogP contribution in [0.4, 0.5) is 0 Å². The van der Waals surface area contributed by atoms with Crippen molar-refractivity contribution in [3.63, 3.8) is 0 Å². The molecule has 0 bridgehead atoms. The van der Waals surface area contributed by atoms with Crippen molar-refractivity contribution >= 4 is 0 Å². The Labute approximate surface area is 112 Å². The number of rotatable bonds is 4. The normalized spacial score (nSPS) is 35.0. The highest BCUT2D eigenvalue weighted by Crippen LogP contribution is 2.38. The van der Waals surface area contributed by atoms with E-state index in [4.69, 9.17) is 5.73 Å². The number of nitrogens with zero attached hydrogens (tertiary/aromatic N) is 1. The standard InChI is InChI=1S/C15H31N3/c1-13(2)14-8-4-5-9-15(14,12-16)17-18-10-6-3-7-11-18/h13-14,17H,3-12,16H2,1-2H3. The molecule has 2 fully saturated rings. The lowest BCUT2D eigenvalue weighted by atomic mass is 9.68. The molecule has 3 nitrogen and oxygen atoms in total. The van der Waals surface area contributed by atoms with Gasteiger partial charge >= 0.3 is 0 Å². The zero-order valence-corrected chi connectivity index (χ0v) is 12.3. The monoisotopic (exact) mass is 253 g/mol. The molecule has 106 valence electrons. The van der Waals surface area contributed by atoms with Crippen LogP contribution in [0.2, 0.25) is 0 Å². The summed E-state index contributed by atoms with van der Waals surface area (Å²) in [5, 5.41) is 2.46. The molecule has 1 aliphatic carbocycles. The van der Waals surface area contributed by atoms with E-state index in [9.17, 15) is 0 Å². The summed E-state index contributed by atoms with van der Waals surface area (Å²) in [6, 6.07) is 0. The van der Waals surface area contributed by atoms with Gasteiger partial charge in [0.15, 0.2) is 0 Å². The minimum Gasteiger partial charge on any atom is -0.329 e. The van der Waals surface area contributed by atoms with Crippen molar-refractivity contribution in [2.24, 2.45) is 17.6 Å². The maximum Gasteiger partial charge on any atom is 0.0478 e. The Morgan fingerprint density at radius 1 is 1.17 bits per heavy atom. The average Bonchev–Trinajstić information content (AvgIpc) is 2.40. The molecule has 0 aromatic rings. The van der Waals surface area contributed by atoms with Crippen LogP contribution in [-0.4, -0.2) is 30.2 Å². The third kappa shape index (κ3) is 3.06. The van der Waals surface area contributed by atoms with E-state index in [-0.39, 0.29) is 5.54 Å². The number of nitrogens with one attached hydrogen (secondary N) is 1. The summed E-state index contributed by atoms with van der Waals surface area (Å²) in [5.74, 6) is 1.46. The number of piperidine rings is 1. The summed E-state index contributed by atoms with van der Waals surface area (Å²) >= 11 is 0. The smallest absolute Gasteiger partial charge is 0.0478 e. The zero-order chi connectivity index (χ0) is 13.0. The van der Waals surface area contributed by atoms with Gasteiger partial charge in [-0.25, -0.2) is 10.4 Å². The van der Waals surface area contributed by atoms with Crippen LogP contribution >= 0.6 is 0 Å². The Morgan fingerprint density at radius 2 is 1.89 bits per heavy atom. The van der Waals surface area contributed by atoms with E-state index < -0.39 is 0 Å². The molecule has 0 spiro atoms. The zero-order valence-electron chi connectivity index (χ0n) is 12.3. The van der Waals surface area contributed by atoms with E-state index in [0.29, 0.717) is 0 Å². The van der Waals surface area contributed by atoms with Gasteiger partial charge in [-0.05, 0) is 37.5 Å². The molecular formula is C15H31N3. The molecule has 2 rings (SSSR count). The van der Waals surface area contributed by atoms with E-state index in [1.807, 2.05) is 0 Å². The van der Waals surface area contributed by atoms with Crippen LogP contribution in [0.25, 0.3) is 0 Å². The Kier molecular flexibility index (Phi) is 5.05. The molecule has 1 saturated heterocycles. The summed E-state index contributed by atoms with van der Waals surface area (Å²) in [5.41, 5.74) is 10.2. The van der Waals surface area contributed by atoms with Gasteiger partial charge in [-0.2, -0.15) is 0 Å². The van der Waals surface area contributed by atoms with Crippen molar-refractivity contribution in [2.75, 3.05) is 19.6 Å². The SMILES string of the molecule is CC(C)C1CCCCC1(CN)NN1CCCCC1. The number of hydrogen-bond donors (Lipinski definition) is 2. The molecule has 2 aliphatic rings. The van der Waals surface area contributed by atoms with Gasteiger partial charge in [-0.15, -0.1) is 0 Å². The number of hydrazine groups is 1. The van der Waals surface area contributed by atoms with E-state index in [2.05, 4.69) is 24.3 Å². The van der Waals surface area contributed by atoms with Crippen LogP contribution in [0, 0.1) is 11.8 Å². The molecule has 3 heteroatoms. The van der Waals surface area contributed by atoms with Gasteiger partial charge in [0.25, 0.3) is 0 Å². The fourth-order valence-electron chi connectivity index (χ4n) is 4.00. The van der Waals surface area contributed by atoms with Crippen LogP contribution in [0.5, 0.6) is 0 Å². The van der Waals surface area contributed by atoms with Crippen molar-refractivity contribution in [1.82, 2.24) is 10.4 Å². The van der Waals surface area contributed by atoms with Gasteiger partial charge in [0.05, 0.1) is 0 Å². The number of nitrogens with two attached hydrogens (primary N) is 1. The summed E-state index contributed by atoms with van der Waals surface area (Å²) in [7, 11) is 0. The highest BCUT2D eigenvalue weighted by molar-refractivity contribution is 4.98. The van der Waals surface area contributed by atoms with E-state index in [0.717, 1.165) is 18.4 Å². The predicted octanol–water partition coefficient (Wildman–Crippen LogP) is 2.52. The second-order valence-corrected chi connectivity index (χ2v) is 6.62. The molecule has 1 heterocycles. The van der Waals surface area contributed by atoms with Crippen LogP contribution < -0.4 is 11.2 Å². The Balaban J connectivity index is 2.05. The van der Waals surface area contributed by atoms with E-state index >= 15 is 0 Å². The van der Waals surface area contributed by atoms with Crippen molar-refractivity contribution in [2.45, 2.75) is 64.3 Å². The fourth-order valence-corrected chi connectivity index (χ4v) is 4.00. The fraction of sp³-hybridized carbons (Fsp3) is 1.00. The van der Waals surface area contributed by atoms with E-state index in [1.165, 1.54) is 58.0 Å². The molecule has 2 atom stereocenters. The first kappa shape index (κ1) is 14.3. The molecule has 0 amide bonds. The first-order valence-corrected chi connectivity index (χ1v) is 7.91. The molecular weight excluding hydrogens is 222 g/mol. The van der Waals surface area contributed by atoms with Gasteiger partial charge in [0.1, 0.15) is 0 Å². The van der Waals surface area contributed by atoms with Gasteiger partial charge in [-0.1, -0.05) is 33.1 Å². The maximum absolute atomic E-state index is 6.19. The summed E-state index contributed by atoms with van der Waals surface area (Å²) in [6.07, 6.45) is 9.37. The minimum atomic E-state index is 0.170. The Bertz CT molecular complexity index is 248. The van der Waals surface area contributed by atoms with Crippen LogP contribution in [0.1, 0.15) is 58.8 Å². The van der Waals surface area contributed by atoms with E-state index in [1.54, 1.807) is 0 Å². The van der Waals surface area contributed by atoms with Crippen molar-refractivity contribution in [3.8, 4) is 0 Å². The highest BCUT2D eigenvalue weighted by atomic mass is 15.5. The summed E-state index contributed by atoms with van der Waals surface area (Å²) in [4.78, 5) is 0. The number of hydrogen-bond acceptors (Lipinski definition) is 3.